The average Bonchev–Trinajstić information content (AvgIpc) is 3.15. The number of nitrogens with zero attached hydrogens (tertiary/aromatic N) is 4. The Morgan fingerprint density at radius 3 is 2.39 bits per heavy atom. The van der Waals surface area contributed by atoms with Gasteiger partial charge in [-0.25, -0.2) is 9.50 Å². The zero-order chi connectivity index (χ0) is 22.8. The molecule has 12 heteroatoms. The summed E-state index contributed by atoms with van der Waals surface area (Å²) in [7, 11) is 0. The number of nitrogens with one attached hydrogen (secondary N) is 2. The van der Waals surface area contributed by atoms with Gasteiger partial charge in [-0.1, -0.05) is 0 Å². The van der Waals surface area contributed by atoms with Gasteiger partial charge in [0.15, 0.2) is 0 Å². The Labute approximate surface area is 174 Å². The van der Waals surface area contributed by atoms with Crippen LogP contribution in [0.15, 0.2) is 24.3 Å². The van der Waals surface area contributed by atoms with E-state index in [-0.39, 0.29) is 12.2 Å². The van der Waals surface area contributed by atoms with E-state index in [4.69, 9.17) is 4.74 Å². The summed E-state index contributed by atoms with van der Waals surface area (Å²) in [5, 5.41) is 3.43. The molecule has 0 aliphatic rings. The van der Waals surface area contributed by atoms with E-state index in [1.165, 1.54) is 6.92 Å². The summed E-state index contributed by atoms with van der Waals surface area (Å²) < 4.78 is 44.8. The lowest BCUT2D eigenvalue weighted by molar-refractivity contribution is -0.144. The highest BCUT2D eigenvalue weighted by atomic mass is 19.4. The Balaban J connectivity index is 1.69. The van der Waals surface area contributed by atoms with Crippen molar-refractivity contribution in [3.8, 4) is 5.75 Å². The molecule has 2 amide bonds. The molecule has 0 bridgehead atoms. The van der Waals surface area contributed by atoms with E-state index in [2.05, 4.69) is 25.9 Å². The molecular weight excluding hydrogens is 417 g/mol. The van der Waals surface area contributed by atoms with Crippen LogP contribution in [0.3, 0.4) is 0 Å². The zero-order valence-corrected chi connectivity index (χ0v) is 16.9. The quantitative estimate of drug-likeness (QED) is 0.593. The summed E-state index contributed by atoms with van der Waals surface area (Å²) in [6.07, 6.45) is -4.94. The number of carbonyl (C=O) groups excluding carboxylic acids is 2. The van der Waals surface area contributed by atoms with Crippen molar-refractivity contribution in [2.45, 2.75) is 33.4 Å². The summed E-state index contributed by atoms with van der Waals surface area (Å²) in [5.41, 5.74) is 5.87. The number of hydrogen-bond acceptors (Lipinski definition) is 6. The van der Waals surface area contributed by atoms with Crippen molar-refractivity contribution in [1.82, 2.24) is 30.4 Å². The predicted octanol–water partition coefficient (Wildman–Crippen LogP) is 2.16. The fourth-order valence-electron chi connectivity index (χ4n) is 2.86. The normalized spacial score (nSPS) is 11.4. The summed E-state index contributed by atoms with van der Waals surface area (Å²) in [5.74, 6) is -2.03. The minimum atomic E-state index is -4.71. The molecule has 0 saturated heterocycles. The van der Waals surface area contributed by atoms with Gasteiger partial charge in [-0.05, 0) is 45.0 Å². The van der Waals surface area contributed by atoms with Crippen LogP contribution in [0, 0.1) is 13.8 Å². The second-order valence-corrected chi connectivity index (χ2v) is 6.54. The Hall–Kier alpha value is -3.70. The second kappa shape index (κ2) is 8.58. The van der Waals surface area contributed by atoms with Crippen LogP contribution < -0.4 is 15.6 Å². The zero-order valence-electron chi connectivity index (χ0n) is 16.9. The van der Waals surface area contributed by atoms with Gasteiger partial charge in [-0.15, -0.1) is 5.10 Å². The summed E-state index contributed by atoms with van der Waals surface area (Å²) >= 11 is 0. The highest BCUT2D eigenvalue weighted by molar-refractivity contribution is 5.95. The first kappa shape index (κ1) is 22.0. The van der Waals surface area contributed by atoms with Crippen LogP contribution in [0.1, 0.15) is 40.1 Å². The van der Waals surface area contributed by atoms with Gasteiger partial charge in [0, 0.05) is 22.5 Å². The predicted molar refractivity (Wildman–Crippen MR) is 102 cm³/mol. The van der Waals surface area contributed by atoms with Crippen LogP contribution in [-0.2, 0) is 17.4 Å². The molecule has 0 fully saturated rings. The minimum absolute atomic E-state index is 0.213. The van der Waals surface area contributed by atoms with Gasteiger partial charge in [0.1, 0.15) is 5.75 Å². The molecule has 0 atom stereocenters. The first-order valence-corrected chi connectivity index (χ1v) is 9.22. The maximum absolute atomic E-state index is 12.9. The Morgan fingerprint density at radius 2 is 1.77 bits per heavy atom. The Bertz CT molecular complexity index is 1130. The molecule has 0 radical (unpaired) electrons. The Morgan fingerprint density at radius 1 is 1.10 bits per heavy atom. The van der Waals surface area contributed by atoms with E-state index in [1.54, 1.807) is 31.2 Å². The van der Waals surface area contributed by atoms with Crippen LogP contribution in [0.5, 0.6) is 5.75 Å². The van der Waals surface area contributed by atoms with Gasteiger partial charge in [0.25, 0.3) is 17.5 Å². The molecule has 2 heterocycles. The first-order valence-electron chi connectivity index (χ1n) is 9.22. The van der Waals surface area contributed by atoms with Crippen molar-refractivity contribution in [1.29, 1.82) is 0 Å². The molecule has 0 aliphatic heterocycles. The maximum atomic E-state index is 12.9. The maximum Gasteiger partial charge on any atom is 0.453 e. The lowest BCUT2D eigenvalue weighted by Gasteiger charge is -2.11. The summed E-state index contributed by atoms with van der Waals surface area (Å²) in [6, 6.07) is 6.34. The number of hydrazine groups is 1. The van der Waals surface area contributed by atoms with E-state index < -0.39 is 23.8 Å². The first-order chi connectivity index (χ1) is 14.6. The summed E-state index contributed by atoms with van der Waals surface area (Å²) in [4.78, 5) is 31.8. The number of amides is 2. The van der Waals surface area contributed by atoms with Crippen molar-refractivity contribution >= 4 is 17.6 Å². The van der Waals surface area contributed by atoms with Crippen molar-refractivity contribution < 1.29 is 27.5 Å². The molecule has 0 saturated carbocycles. The molecule has 2 aromatic heterocycles. The van der Waals surface area contributed by atoms with Gasteiger partial charge in [-0.2, -0.15) is 18.2 Å². The van der Waals surface area contributed by atoms with Gasteiger partial charge in [0.2, 0.25) is 5.91 Å². The molecule has 0 unspecified atom stereocenters. The number of halogens is 3. The van der Waals surface area contributed by atoms with Crippen molar-refractivity contribution in [2.75, 3.05) is 6.61 Å². The largest absolute Gasteiger partial charge is 0.494 e. The topological polar surface area (TPSA) is 111 Å². The number of rotatable bonds is 5. The van der Waals surface area contributed by atoms with Crippen LogP contribution in [0.2, 0.25) is 0 Å². The molecule has 9 nitrogen and oxygen atoms in total. The van der Waals surface area contributed by atoms with E-state index >= 15 is 0 Å². The summed E-state index contributed by atoms with van der Waals surface area (Å²) in [6.45, 7) is 5.39. The average molecular weight is 436 g/mol. The third-order valence-corrected chi connectivity index (χ3v) is 4.38. The van der Waals surface area contributed by atoms with E-state index in [9.17, 15) is 22.8 Å². The minimum Gasteiger partial charge on any atom is -0.494 e. The molecule has 3 rings (SSSR count). The highest BCUT2D eigenvalue weighted by Gasteiger charge is 2.37. The van der Waals surface area contributed by atoms with Crippen LogP contribution >= 0.6 is 0 Å². The van der Waals surface area contributed by atoms with Crippen LogP contribution in [0.4, 0.5) is 13.2 Å². The van der Waals surface area contributed by atoms with Gasteiger partial charge in [0.05, 0.1) is 13.0 Å². The molecule has 2 N–H and O–H groups in total. The van der Waals surface area contributed by atoms with Crippen molar-refractivity contribution in [3.63, 3.8) is 0 Å². The fourth-order valence-corrected chi connectivity index (χ4v) is 2.86. The number of carbonyl (C=O) groups is 2. The van der Waals surface area contributed by atoms with E-state index in [0.29, 0.717) is 34.9 Å². The standard InChI is InChI=1S/C19H19F3N6O3/c1-4-31-13-7-5-12(6-8-13)16(30)26-25-15(29)9-14-10(2)23-18-24-17(19(20,21)22)27-28(18)11(14)3/h5-8H,4,9H2,1-3H3,(H,25,29)(H,26,30). The number of ether oxygens (including phenoxy) is 1. The number of hydrogen-bond donors (Lipinski definition) is 2. The fraction of sp³-hybridized carbons (Fsp3) is 0.316. The lowest BCUT2D eigenvalue weighted by Crippen LogP contribution is -2.42. The molecular formula is C19H19F3N6O3. The van der Waals surface area contributed by atoms with E-state index in [1.807, 2.05) is 6.92 Å². The smallest absolute Gasteiger partial charge is 0.453 e. The molecule has 0 aliphatic carbocycles. The van der Waals surface area contributed by atoms with Crippen molar-refractivity contribution in [2.24, 2.45) is 0 Å². The van der Waals surface area contributed by atoms with E-state index in [0.717, 1.165) is 4.52 Å². The third kappa shape index (κ3) is 4.90. The number of benzene rings is 1. The SMILES string of the molecule is CCOc1ccc(C(=O)NNC(=O)Cc2c(C)nc3nc(C(F)(F)F)nn3c2C)cc1. The van der Waals surface area contributed by atoms with Gasteiger partial charge < -0.3 is 4.74 Å². The van der Waals surface area contributed by atoms with Crippen LogP contribution in [0.25, 0.3) is 5.78 Å². The molecule has 164 valence electrons. The van der Waals surface area contributed by atoms with Gasteiger partial charge in [-0.3, -0.25) is 20.4 Å². The number of aromatic nitrogens is 4. The number of aryl methyl sites for hydroxylation is 2. The molecule has 0 spiro atoms. The molecule has 31 heavy (non-hydrogen) atoms. The van der Waals surface area contributed by atoms with Crippen LogP contribution in [-0.4, -0.2) is 38.0 Å². The van der Waals surface area contributed by atoms with Crippen molar-refractivity contribution in [3.05, 3.63) is 52.6 Å². The Kier molecular flexibility index (Phi) is 6.09. The monoisotopic (exact) mass is 436 g/mol. The molecule has 3 aromatic rings. The second-order valence-electron chi connectivity index (χ2n) is 6.54. The third-order valence-electron chi connectivity index (χ3n) is 4.38. The number of alkyl halides is 3. The number of fused-ring (bicyclic) bond motifs is 1. The molecule has 1 aromatic carbocycles. The lowest BCUT2D eigenvalue weighted by atomic mass is 10.1. The highest BCUT2D eigenvalue weighted by Crippen LogP contribution is 2.27. The van der Waals surface area contributed by atoms with Gasteiger partial charge >= 0.3 is 6.18 Å².